The van der Waals surface area contributed by atoms with Crippen molar-refractivity contribution in [3.05, 3.63) is 75.6 Å². The van der Waals surface area contributed by atoms with E-state index in [-0.39, 0.29) is 6.61 Å². The summed E-state index contributed by atoms with van der Waals surface area (Å²) in [4.78, 5) is 33.1. The molecule has 0 spiro atoms. The highest BCUT2D eigenvalue weighted by molar-refractivity contribution is 6.40. The molecule has 0 N–H and O–H groups in total. The Morgan fingerprint density at radius 3 is 2.41 bits per heavy atom. The van der Waals surface area contributed by atoms with Crippen molar-refractivity contribution in [1.82, 2.24) is 0 Å². The Morgan fingerprint density at radius 1 is 1.09 bits per heavy atom. The SMILES string of the molecule is O=C(OCc1ccccc1)C(=O)c1cccc([N+](=O)[O-])c1F. The molecule has 2 rings (SSSR count). The van der Waals surface area contributed by atoms with Crippen molar-refractivity contribution in [2.24, 2.45) is 0 Å². The molecule has 112 valence electrons. The van der Waals surface area contributed by atoms with E-state index in [0.29, 0.717) is 5.56 Å². The molecule has 0 amide bonds. The van der Waals surface area contributed by atoms with Gasteiger partial charge < -0.3 is 4.74 Å². The Morgan fingerprint density at radius 2 is 1.77 bits per heavy atom. The lowest BCUT2D eigenvalue weighted by Crippen LogP contribution is -2.19. The fourth-order valence-corrected chi connectivity index (χ4v) is 1.73. The van der Waals surface area contributed by atoms with Crippen LogP contribution in [0.2, 0.25) is 0 Å². The molecular formula is C15H10FNO5. The zero-order valence-corrected chi connectivity index (χ0v) is 11.2. The number of benzene rings is 2. The number of nitro groups is 1. The molecule has 0 aliphatic rings. The first-order valence-electron chi connectivity index (χ1n) is 6.19. The normalized spacial score (nSPS) is 10.0. The monoisotopic (exact) mass is 303 g/mol. The quantitative estimate of drug-likeness (QED) is 0.279. The summed E-state index contributed by atoms with van der Waals surface area (Å²) < 4.78 is 18.6. The van der Waals surface area contributed by atoms with Gasteiger partial charge in [-0.2, -0.15) is 4.39 Å². The molecule has 7 heteroatoms. The van der Waals surface area contributed by atoms with E-state index in [1.54, 1.807) is 30.3 Å². The van der Waals surface area contributed by atoms with Crippen LogP contribution in [-0.4, -0.2) is 16.7 Å². The van der Waals surface area contributed by atoms with Crippen LogP contribution in [0.15, 0.2) is 48.5 Å². The number of esters is 1. The van der Waals surface area contributed by atoms with Gasteiger partial charge in [-0.1, -0.05) is 36.4 Å². The average Bonchev–Trinajstić information content (AvgIpc) is 2.53. The Balaban J connectivity index is 2.13. The van der Waals surface area contributed by atoms with Crippen LogP contribution in [0.25, 0.3) is 0 Å². The predicted molar refractivity (Wildman–Crippen MR) is 73.6 cm³/mol. The Bertz CT molecular complexity index is 730. The zero-order chi connectivity index (χ0) is 16.1. The lowest BCUT2D eigenvalue weighted by Gasteiger charge is -2.05. The van der Waals surface area contributed by atoms with E-state index >= 15 is 0 Å². The third-order valence-electron chi connectivity index (χ3n) is 2.82. The first kappa shape index (κ1) is 15.3. The average molecular weight is 303 g/mol. The number of hydrogen-bond acceptors (Lipinski definition) is 5. The molecule has 6 nitrogen and oxygen atoms in total. The Hall–Kier alpha value is -3.09. The molecule has 0 atom stereocenters. The fraction of sp³-hybridized carbons (Fsp3) is 0.0667. The van der Waals surface area contributed by atoms with Crippen molar-refractivity contribution >= 4 is 17.4 Å². The van der Waals surface area contributed by atoms with Crippen LogP contribution in [0.5, 0.6) is 0 Å². The molecule has 0 aromatic heterocycles. The van der Waals surface area contributed by atoms with Gasteiger partial charge in [0.2, 0.25) is 5.82 Å². The maximum Gasteiger partial charge on any atom is 0.380 e. The Labute approximate surface area is 124 Å². The maximum absolute atomic E-state index is 13.8. The molecule has 0 heterocycles. The number of hydrogen-bond donors (Lipinski definition) is 0. The maximum atomic E-state index is 13.8. The number of ether oxygens (including phenoxy) is 1. The van der Waals surface area contributed by atoms with Crippen molar-refractivity contribution in [2.75, 3.05) is 0 Å². The molecule has 0 aliphatic carbocycles. The lowest BCUT2D eigenvalue weighted by atomic mass is 10.1. The minimum Gasteiger partial charge on any atom is -0.455 e. The van der Waals surface area contributed by atoms with Gasteiger partial charge >= 0.3 is 11.7 Å². The van der Waals surface area contributed by atoms with Gasteiger partial charge in [-0.3, -0.25) is 14.9 Å². The fourth-order valence-electron chi connectivity index (χ4n) is 1.73. The van der Waals surface area contributed by atoms with Crippen molar-refractivity contribution in [2.45, 2.75) is 6.61 Å². The van der Waals surface area contributed by atoms with Gasteiger partial charge in [-0.15, -0.1) is 0 Å². The summed E-state index contributed by atoms with van der Waals surface area (Å²) in [5, 5.41) is 10.6. The van der Waals surface area contributed by atoms with Crippen LogP contribution in [-0.2, 0) is 16.1 Å². The molecule has 0 bridgehead atoms. The minimum atomic E-state index is -1.35. The molecule has 0 fully saturated rings. The van der Waals surface area contributed by atoms with Crippen LogP contribution in [0.3, 0.4) is 0 Å². The molecule has 0 aliphatic heterocycles. The summed E-state index contributed by atoms with van der Waals surface area (Å²) in [6.07, 6.45) is 0. The molecule has 0 radical (unpaired) electrons. The first-order valence-corrected chi connectivity index (χ1v) is 6.19. The standard InChI is InChI=1S/C15H10FNO5/c16-13-11(7-4-8-12(13)17(20)21)14(18)15(19)22-9-10-5-2-1-3-6-10/h1-8H,9H2. The third kappa shape index (κ3) is 3.32. The molecule has 2 aromatic carbocycles. The summed E-state index contributed by atoms with van der Waals surface area (Å²) in [6, 6.07) is 11.6. The van der Waals surface area contributed by atoms with Gasteiger partial charge in [0.1, 0.15) is 6.61 Å². The van der Waals surface area contributed by atoms with Crippen molar-refractivity contribution < 1.29 is 23.6 Å². The number of rotatable bonds is 5. The number of carbonyl (C=O) groups excluding carboxylic acids is 2. The van der Waals surface area contributed by atoms with Gasteiger partial charge in [0, 0.05) is 6.07 Å². The van der Waals surface area contributed by atoms with E-state index in [2.05, 4.69) is 0 Å². The minimum absolute atomic E-state index is 0.151. The van der Waals surface area contributed by atoms with Gasteiger partial charge in [-0.25, -0.2) is 4.79 Å². The molecule has 0 unspecified atom stereocenters. The lowest BCUT2D eigenvalue weighted by molar-refractivity contribution is -0.387. The zero-order valence-electron chi connectivity index (χ0n) is 11.2. The largest absolute Gasteiger partial charge is 0.455 e. The van der Waals surface area contributed by atoms with E-state index in [4.69, 9.17) is 4.74 Å². The second-order valence-electron chi connectivity index (χ2n) is 4.29. The topological polar surface area (TPSA) is 86.5 Å². The van der Waals surface area contributed by atoms with E-state index < -0.39 is 33.7 Å². The number of Topliss-reactive ketones (excluding diaryl/α,β-unsaturated/α-hetero) is 1. The van der Waals surface area contributed by atoms with E-state index in [9.17, 15) is 24.1 Å². The van der Waals surface area contributed by atoms with Gasteiger partial charge in [0.25, 0.3) is 5.78 Å². The van der Waals surface area contributed by atoms with E-state index in [1.807, 2.05) is 0 Å². The number of halogens is 1. The second-order valence-corrected chi connectivity index (χ2v) is 4.29. The van der Waals surface area contributed by atoms with Crippen molar-refractivity contribution in [3.63, 3.8) is 0 Å². The summed E-state index contributed by atoms with van der Waals surface area (Å²) in [5.41, 5.74) is -0.905. The number of ketones is 1. The molecule has 0 saturated carbocycles. The third-order valence-corrected chi connectivity index (χ3v) is 2.82. The number of carbonyl (C=O) groups is 2. The van der Waals surface area contributed by atoms with Crippen LogP contribution in [0.4, 0.5) is 10.1 Å². The van der Waals surface area contributed by atoms with E-state index in [0.717, 1.165) is 18.2 Å². The van der Waals surface area contributed by atoms with Crippen molar-refractivity contribution in [1.29, 1.82) is 0 Å². The second kappa shape index (κ2) is 6.57. The molecule has 0 saturated heterocycles. The van der Waals surface area contributed by atoms with Gasteiger partial charge in [0.15, 0.2) is 0 Å². The number of nitro benzene ring substituents is 1. The summed E-state index contributed by atoms with van der Waals surface area (Å²) in [6.45, 7) is -0.151. The highest BCUT2D eigenvalue weighted by Gasteiger charge is 2.26. The summed E-state index contributed by atoms with van der Waals surface area (Å²) in [7, 11) is 0. The highest BCUT2D eigenvalue weighted by Crippen LogP contribution is 2.20. The van der Waals surface area contributed by atoms with Crippen LogP contribution in [0, 0.1) is 15.9 Å². The number of nitrogens with zero attached hydrogens (tertiary/aromatic N) is 1. The first-order chi connectivity index (χ1) is 10.5. The van der Waals surface area contributed by atoms with Crippen LogP contribution < -0.4 is 0 Å². The summed E-state index contributed by atoms with van der Waals surface area (Å²) in [5.74, 6) is -3.89. The van der Waals surface area contributed by atoms with Crippen LogP contribution in [0.1, 0.15) is 15.9 Å². The smallest absolute Gasteiger partial charge is 0.380 e. The Kier molecular flexibility index (Phi) is 4.57. The van der Waals surface area contributed by atoms with Crippen LogP contribution >= 0.6 is 0 Å². The van der Waals surface area contributed by atoms with Crippen molar-refractivity contribution in [3.8, 4) is 0 Å². The molecule has 2 aromatic rings. The highest BCUT2D eigenvalue weighted by atomic mass is 19.1. The predicted octanol–water partition coefficient (Wildman–Crippen LogP) is 2.66. The van der Waals surface area contributed by atoms with Gasteiger partial charge in [-0.05, 0) is 11.6 Å². The summed E-state index contributed by atoms with van der Waals surface area (Å²) >= 11 is 0. The molecular weight excluding hydrogens is 293 g/mol. The van der Waals surface area contributed by atoms with Gasteiger partial charge in [0.05, 0.1) is 10.5 Å². The van der Waals surface area contributed by atoms with E-state index in [1.165, 1.54) is 0 Å². The molecule has 22 heavy (non-hydrogen) atoms.